The number of nitro benzene ring substituents is 1. The lowest BCUT2D eigenvalue weighted by Gasteiger charge is -2.10. The first-order chi connectivity index (χ1) is 9.81. The summed E-state index contributed by atoms with van der Waals surface area (Å²) in [6.45, 7) is 1.52. The number of halogens is 1. The largest absolute Gasteiger partial charge is 0.289 e. The van der Waals surface area contributed by atoms with E-state index in [0.717, 1.165) is 6.07 Å². The molecule has 0 heterocycles. The second-order valence-electron chi connectivity index (χ2n) is 4.30. The van der Waals surface area contributed by atoms with Crippen LogP contribution < -0.4 is 4.72 Å². The van der Waals surface area contributed by atoms with Crippen LogP contribution in [0.1, 0.15) is 5.56 Å². The summed E-state index contributed by atoms with van der Waals surface area (Å²) in [5.74, 6) is 0. The van der Waals surface area contributed by atoms with Gasteiger partial charge in [-0.25, -0.2) is 8.42 Å². The number of benzene rings is 2. The predicted molar refractivity (Wildman–Crippen MR) is 80.1 cm³/mol. The molecule has 2 aromatic rings. The van der Waals surface area contributed by atoms with E-state index in [9.17, 15) is 18.5 Å². The van der Waals surface area contributed by atoms with Gasteiger partial charge in [0.05, 0.1) is 9.82 Å². The normalized spacial score (nSPS) is 11.1. The second kappa shape index (κ2) is 5.71. The molecule has 1 N–H and O–H groups in total. The first-order valence-electron chi connectivity index (χ1n) is 5.83. The smallest absolute Gasteiger partial charge is 0.280 e. The van der Waals surface area contributed by atoms with Crippen molar-refractivity contribution in [1.29, 1.82) is 0 Å². The van der Waals surface area contributed by atoms with E-state index in [0.29, 0.717) is 11.3 Å². The third-order valence-electron chi connectivity index (χ3n) is 2.76. The Morgan fingerprint density at radius 2 is 1.81 bits per heavy atom. The van der Waals surface area contributed by atoms with Gasteiger partial charge < -0.3 is 0 Å². The van der Waals surface area contributed by atoms with Gasteiger partial charge in [0.2, 0.25) is 0 Å². The Balaban J connectivity index is 2.50. The van der Waals surface area contributed by atoms with Crippen molar-refractivity contribution in [3.8, 4) is 0 Å². The Morgan fingerprint density at radius 3 is 2.38 bits per heavy atom. The first-order valence-corrected chi connectivity index (χ1v) is 7.70. The Kier molecular flexibility index (Phi) is 4.15. The van der Waals surface area contributed by atoms with Gasteiger partial charge in [-0.1, -0.05) is 29.8 Å². The number of sulfonamides is 1. The molecule has 0 atom stereocenters. The van der Waals surface area contributed by atoms with Gasteiger partial charge >= 0.3 is 0 Å². The van der Waals surface area contributed by atoms with E-state index >= 15 is 0 Å². The lowest BCUT2D eigenvalue weighted by molar-refractivity contribution is -0.384. The lowest BCUT2D eigenvalue weighted by Crippen LogP contribution is -2.14. The van der Waals surface area contributed by atoms with Crippen LogP contribution >= 0.6 is 11.6 Å². The summed E-state index contributed by atoms with van der Waals surface area (Å²) in [5.41, 5.74) is 0.249. The zero-order valence-corrected chi connectivity index (χ0v) is 12.5. The van der Waals surface area contributed by atoms with Gasteiger partial charge in [-0.3, -0.25) is 14.8 Å². The maximum atomic E-state index is 12.3. The molecule has 8 heteroatoms. The SMILES string of the molecule is Cc1cc(Cl)c([N+](=O)[O-])cc1S(=O)(=O)Nc1ccccc1. The van der Waals surface area contributed by atoms with Gasteiger partial charge in [0.1, 0.15) is 5.02 Å². The number of para-hydroxylation sites is 1. The third-order valence-corrected chi connectivity index (χ3v) is 4.58. The van der Waals surface area contributed by atoms with E-state index in [4.69, 9.17) is 11.6 Å². The highest BCUT2D eigenvalue weighted by Gasteiger charge is 2.23. The molecule has 0 aliphatic rings. The monoisotopic (exact) mass is 326 g/mol. The van der Waals surface area contributed by atoms with Crippen molar-refractivity contribution in [2.45, 2.75) is 11.8 Å². The van der Waals surface area contributed by atoms with Crippen molar-refractivity contribution in [3.05, 3.63) is 63.2 Å². The van der Waals surface area contributed by atoms with Crippen LogP contribution in [0.2, 0.25) is 5.02 Å². The summed E-state index contributed by atoms with van der Waals surface area (Å²) in [7, 11) is -3.93. The molecular formula is C13H11ClN2O4S. The Hall–Kier alpha value is -2.12. The Bertz CT molecular complexity index is 791. The van der Waals surface area contributed by atoms with Crippen molar-refractivity contribution in [3.63, 3.8) is 0 Å². The highest BCUT2D eigenvalue weighted by Crippen LogP contribution is 2.30. The summed E-state index contributed by atoms with van der Waals surface area (Å²) < 4.78 is 27.0. The van der Waals surface area contributed by atoms with Crippen LogP contribution in [0.5, 0.6) is 0 Å². The molecule has 0 fully saturated rings. The van der Waals surface area contributed by atoms with Crippen molar-refractivity contribution in [2.75, 3.05) is 4.72 Å². The highest BCUT2D eigenvalue weighted by molar-refractivity contribution is 7.92. The van der Waals surface area contributed by atoms with Crippen LogP contribution in [0, 0.1) is 17.0 Å². The molecule has 110 valence electrons. The molecule has 0 radical (unpaired) electrons. The molecule has 2 aromatic carbocycles. The van der Waals surface area contributed by atoms with E-state index < -0.39 is 20.6 Å². The number of anilines is 1. The van der Waals surface area contributed by atoms with Crippen LogP contribution in [0.25, 0.3) is 0 Å². The van der Waals surface area contributed by atoms with E-state index in [1.807, 2.05) is 0 Å². The summed E-state index contributed by atoms with van der Waals surface area (Å²) in [6.07, 6.45) is 0. The maximum Gasteiger partial charge on any atom is 0.289 e. The second-order valence-corrected chi connectivity index (χ2v) is 6.36. The average molecular weight is 327 g/mol. The summed E-state index contributed by atoms with van der Waals surface area (Å²) >= 11 is 5.75. The van der Waals surface area contributed by atoms with Crippen LogP contribution in [0.3, 0.4) is 0 Å². The number of rotatable bonds is 4. The topological polar surface area (TPSA) is 89.3 Å². The van der Waals surface area contributed by atoms with Gasteiger partial charge in [0, 0.05) is 11.8 Å². The minimum Gasteiger partial charge on any atom is -0.280 e. The molecule has 0 aliphatic carbocycles. The molecule has 21 heavy (non-hydrogen) atoms. The molecule has 0 saturated carbocycles. The van der Waals surface area contributed by atoms with Crippen LogP contribution in [0.4, 0.5) is 11.4 Å². The summed E-state index contributed by atoms with van der Waals surface area (Å²) in [4.78, 5) is 9.98. The maximum absolute atomic E-state index is 12.3. The summed E-state index contributed by atoms with van der Waals surface area (Å²) in [5, 5.41) is 10.8. The Morgan fingerprint density at radius 1 is 1.19 bits per heavy atom. The first kappa shape index (κ1) is 15.3. The lowest BCUT2D eigenvalue weighted by atomic mass is 10.2. The van der Waals surface area contributed by atoms with Crippen LogP contribution in [-0.2, 0) is 10.0 Å². The number of aryl methyl sites for hydroxylation is 1. The Labute approximate surface area is 126 Å². The van der Waals surface area contributed by atoms with Crippen LogP contribution in [0.15, 0.2) is 47.4 Å². The zero-order valence-electron chi connectivity index (χ0n) is 10.9. The summed E-state index contributed by atoms with van der Waals surface area (Å²) in [6, 6.07) is 10.5. The molecule has 0 spiro atoms. The minimum absolute atomic E-state index is 0.101. The molecule has 2 rings (SSSR count). The molecule has 6 nitrogen and oxygen atoms in total. The number of nitro groups is 1. The predicted octanol–water partition coefficient (Wildman–Crippen LogP) is 3.36. The highest BCUT2D eigenvalue weighted by atomic mass is 35.5. The number of nitrogens with one attached hydrogen (secondary N) is 1. The standard InChI is InChI=1S/C13H11ClN2O4S/c1-9-7-11(14)12(16(17)18)8-13(9)21(19,20)15-10-5-3-2-4-6-10/h2-8,15H,1H3. The fourth-order valence-corrected chi connectivity index (χ4v) is 3.38. The van der Waals surface area contributed by atoms with Crippen LogP contribution in [-0.4, -0.2) is 13.3 Å². The van der Waals surface area contributed by atoms with E-state index in [-0.39, 0.29) is 9.92 Å². The van der Waals surface area contributed by atoms with Gasteiger partial charge in [0.15, 0.2) is 0 Å². The van der Waals surface area contributed by atoms with Gasteiger partial charge in [-0.05, 0) is 30.7 Å². The molecule has 0 amide bonds. The number of nitrogens with zero attached hydrogens (tertiary/aromatic N) is 1. The molecule has 0 bridgehead atoms. The third kappa shape index (κ3) is 3.32. The van der Waals surface area contributed by atoms with Crippen molar-refractivity contribution in [1.82, 2.24) is 0 Å². The number of hydrogen-bond donors (Lipinski definition) is 1. The molecular weight excluding hydrogens is 316 g/mol. The quantitative estimate of drug-likeness (QED) is 0.689. The fraction of sp³-hybridized carbons (Fsp3) is 0.0769. The molecule has 0 aromatic heterocycles. The number of hydrogen-bond acceptors (Lipinski definition) is 4. The van der Waals surface area contributed by atoms with E-state index in [1.165, 1.54) is 13.0 Å². The minimum atomic E-state index is -3.93. The molecule has 0 aliphatic heterocycles. The van der Waals surface area contributed by atoms with Gasteiger partial charge in [-0.15, -0.1) is 0 Å². The van der Waals surface area contributed by atoms with E-state index in [2.05, 4.69) is 4.72 Å². The molecule has 0 saturated heterocycles. The van der Waals surface area contributed by atoms with Crippen molar-refractivity contribution < 1.29 is 13.3 Å². The van der Waals surface area contributed by atoms with Gasteiger partial charge in [0.25, 0.3) is 15.7 Å². The van der Waals surface area contributed by atoms with Gasteiger partial charge in [-0.2, -0.15) is 0 Å². The zero-order chi connectivity index (χ0) is 15.6. The van der Waals surface area contributed by atoms with Crippen molar-refractivity contribution >= 4 is 33.0 Å². The molecule has 0 unspecified atom stereocenters. The van der Waals surface area contributed by atoms with Crippen molar-refractivity contribution in [2.24, 2.45) is 0 Å². The average Bonchev–Trinajstić information content (AvgIpc) is 2.38. The van der Waals surface area contributed by atoms with E-state index in [1.54, 1.807) is 30.3 Å². The fourth-order valence-electron chi connectivity index (χ4n) is 1.79.